The minimum atomic E-state index is -0.704. The molecule has 2 rings (SSSR count). The van der Waals surface area contributed by atoms with Crippen molar-refractivity contribution in [3.8, 4) is 0 Å². The predicted octanol–water partition coefficient (Wildman–Crippen LogP) is 3.83. The van der Waals surface area contributed by atoms with Gasteiger partial charge < -0.3 is 5.11 Å². The summed E-state index contributed by atoms with van der Waals surface area (Å²) in [5.74, 6) is -0.198. The largest absolute Gasteiger partial charge is 0.384 e. The van der Waals surface area contributed by atoms with Crippen molar-refractivity contribution in [2.24, 2.45) is 0 Å². The van der Waals surface area contributed by atoms with Gasteiger partial charge in [-0.1, -0.05) is 36.4 Å². The maximum Gasteiger partial charge on any atom is 0.129 e. The molecule has 0 bridgehead atoms. The molecule has 1 nitrogen and oxygen atoms in total. The van der Waals surface area contributed by atoms with Crippen LogP contribution in [0.1, 0.15) is 33.9 Å². The minimum Gasteiger partial charge on any atom is -0.384 e. The minimum absolute atomic E-state index is 0.198. The number of aliphatic hydroxyl groups is 1. The molecule has 0 amide bonds. The number of aryl methyl sites for hydroxylation is 3. The number of benzene rings is 2. The van der Waals surface area contributed by atoms with Crippen LogP contribution in [0, 0.1) is 26.6 Å². The molecule has 18 heavy (non-hydrogen) atoms. The number of halogens is 1. The molecule has 2 heteroatoms. The van der Waals surface area contributed by atoms with E-state index in [0.29, 0.717) is 11.1 Å². The highest BCUT2D eigenvalue weighted by Crippen LogP contribution is 2.27. The van der Waals surface area contributed by atoms with Gasteiger partial charge in [0.25, 0.3) is 0 Å². The maximum absolute atomic E-state index is 13.6. The second-order valence-corrected chi connectivity index (χ2v) is 4.73. The Bertz CT molecular complexity index is 552. The van der Waals surface area contributed by atoms with Crippen LogP contribution in [0.25, 0.3) is 0 Å². The topological polar surface area (TPSA) is 20.2 Å². The molecule has 0 aliphatic heterocycles. The van der Waals surface area contributed by atoms with Gasteiger partial charge in [-0.2, -0.15) is 0 Å². The zero-order chi connectivity index (χ0) is 13.3. The molecule has 1 atom stereocenters. The van der Waals surface area contributed by atoms with E-state index in [4.69, 9.17) is 0 Å². The molecule has 94 valence electrons. The Labute approximate surface area is 107 Å². The summed E-state index contributed by atoms with van der Waals surface area (Å²) in [7, 11) is 0. The summed E-state index contributed by atoms with van der Waals surface area (Å²) in [4.78, 5) is 0. The Morgan fingerprint density at radius 1 is 0.944 bits per heavy atom. The summed E-state index contributed by atoms with van der Waals surface area (Å²) in [5.41, 5.74) is 3.77. The van der Waals surface area contributed by atoms with Gasteiger partial charge in [-0.05, 0) is 48.6 Å². The highest BCUT2D eigenvalue weighted by Gasteiger charge is 2.15. The standard InChI is InChI=1S/C16H17FO/c1-10-6-4-5-7-14(10)16(18)13-8-11(2)15(17)12(3)9-13/h4-9,16,18H,1-3H3. The molecule has 0 heterocycles. The van der Waals surface area contributed by atoms with Gasteiger partial charge in [0.05, 0.1) is 0 Å². The van der Waals surface area contributed by atoms with E-state index in [1.165, 1.54) is 0 Å². The Kier molecular flexibility index (Phi) is 3.48. The summed E-state index contributed by atoms with van der Waals surface area (Å²) >= 11 is 0. The molecule has 2 aromatic carbocycles. The van der Waals surface area contributed by atoms with Crippen molar-refractivity contribution < 1.29 is 9.50 Å². The lowest BCUT2D eigenvalue weighted by Crippen LogP contribution is -2.04. The molecule has 1 unspecified atom stereocenters. The molecule has 0 saturated carbocycles. The van der Waals surface area contributed by atoms with Gasteiger partial charge in [0, 0.05) is 0 Å². The van der Waals surface area contributed by atoms with Crippen molar-refractivity contribution >= 4 is 0 Å². The van der Waals surface area contributed by atoms with E-state index in [9.17, 15) is 9.50 Å². The third kappa shape index (κ3) is 2.29. The summed E-state index contributed by atoms with van der Waals surface area (Å²) in [6.45, 7) is 5.40. The molecule has 0 saturated heterocycles. The van der Waals surface area contributed by atoms with Crippen LogP contribution >= 0.6 is 0 Å². The normalized spacial score (nSPS) is 12.5. The molecule has 1 N–H and O–H groups in total. The van der Waals surface area contributed by atoms with Crippen LogP contribution in [-0.4, -0.2) is 5.11 Å². The van der Waals surface area contributed by atoms with E-state index >= 15 is 0 Å². The van der Waals surface area contributed by atoms with Crippen LogP contribution in [0.4, 0.5) is 4.39 Å². The number of rotatable bonds is 2. The van der Waals surface area contributed by atoms with Gasteiger partial charge in [0.1, 0.15) is 11.9 Å². The third-order valence-electron chi connectivity index (χ3n) is 3.26. The first-order chi connectivity index (χ1) is 8.50. The Morgan fingerprint density at radius 2 is 1.50 bits per heavy atom. The lowest BCUT2D eigenvalue weighted by atomic mass is 9.95. The van der Waals surface area contributed by atoms with E-state index in [1.807, 2.05) is 31.2 Å². The Hall–Kier alpha value is -1.67. The summed E-state index contributed by atoms with van der Waals surface area (Å²) in [5, 5.41) is 10.4. The van der Waals surface area contributed by atoms with Crippen molar-refractivity contribution in [1.82, 2.24) is 0 Å². The summed E-state index contributed by atoms with van der Waals surface area (Å²) in [6, 6.07) is 11.1. The molecule has 0 aliphatic carbocycles. The van der Waals surface area contributed by atoms with Crippen molar-refractivity contribution in [2.45, 2.75) is 26.9 Å². The van der Waals surface area contributed by atoms with E-state index in [0.717, 1.165) is 16.7 Å². The van der Waals surface area contributed by atoms with Gasteiger partial charge in [-0.15, -0.1) is 0 Å². The zero-order valence-electron chi connectivity index (χ0n) is 10.9. The first-order valence-corrected chi connectivity index (χ1v) is 6.01. The van der Waals surface area contributed by atoms with Crippen LogP contribution in [0.5, 0.6) is 0 Å². The predicted molar refractivity (Wildman–Crippen MR) is 71.1 cm³/mol. The van der Waals surface area contributed by atoms with Crippen molar-refractivity contribution in [2.75, 3.05) is 0 Å². The van der Waals surface area contributed by atoms with Crippen LogP contribution in [0.2, 0.25) is 0 Å². The summed E-state index contributed by atoms with van der Waals surface area (Å²) in [6.07, 6.45) is -0.704. The molecule has 2 aromatic rings. The number of hydrogen-bond donors (Lipinski definition) is 1. The molecular weight excluding hydrogens is 227 g/mol. The quantitative estimate of drug-likeness (QED) is 0.851. The smallest absolute Gasteiger partial charge is 0.129 e. The maximum atomic E-state index is 13.6. The molecule has 0 fully saturated rings. The Morgan fingerprint density at radius 3 is 2.06 bits per heavy atom. The number of aliphatic hydroxyl groups excluding tert-OH is 1. The van der Waals surface area contributed by atoms with E-state index in [-0.39, 0.29) is 5.82 Å². The first-order valence-electron chi connectivity index (χ1n) is 6.01. The highest BCUT2D eigenvalue weighted by atomic mass is 19.1. The van der Waals surface area contributed by atoms with Gasteiger partial charge in [-0.3, -0.25) is 0 Å². The molecule has 0 aromatic heterocycles. The van der Waals surface area contributed by atoms with Crippen LogP contribution < -0.4 is 0 Å². The fourth-order valence-electron chi connectivity index (χ4n) is 2.21. The van der Waals surface area contributed by atoms with Gasteiger partial charge in [0.2, 0.25) is 0 Å². The van der Waals surface area contributed by atoms with Crippen molar-refractivity contribution in [3.05, 3.63) is 70.0 Å². The van der Waals surface area contributed by atoms with Crippen molar-refractivity contribution in [1.29, 1.82) is 0 Å². The first kappa shape index (κ1) is 12.8. The van der Waals surface area contributed by atoms with Gasteiger partial charge in [-0.25, -0.2) is 4.39 Å². The molecule has 0 spiro atoms. The second-order valence-electron chi connectivity index (χ2n) is 4.73. The number of hydrogen-bond acceptors (Lipinski definition) is 1. The lowest BCUT2D eigenvalue weighted by molar-refractivity contribution is 0.219. The fraction of sp³-hybridized carbons (Fsp3) is 0.250. The van der Waals surface area contributed by atoms with Gasteiger partial charge in [0.15, 0.2) is 0 Å². The highest BCUT2D eigenvalue weighted by molar-refractivity contribution is 5.39. The SMILES string of the molecule is Cc1ccccc1C(O)c1cc(C)c(F)c(C)c1. The van der Waals surface area contributed by atoms with E-state index < -0.39 is 6.10 Å². The van der Waals surface area contributed by atoms with Crippen LogP contribution in [0.3, 0.4) is 0 Å². The second kappa shape index (κ2) is 4.91. The molecule has 0 aliphatic rings. The summed E-state index contributed by atoms with van der Waals surface area (Å²) < 4.78 is 13.6. The Balaban J connectivity index is 2.47. The average Bonchev–Trinajstić information content (AvgIpc) is 2.35. The lowest BCUT2D eigenvalue weighted by Gasteiger charge is -2.16. The monoisotopic (exact) mass is 244 g/mol. The van der Waals surface area contributed by atoms with Crippen LogP contribution in [0.15, 0.2) is 36.4 Å². The molecule has 0 radical (unpaired) electrons. The zero-order valence-corrected chi connectivity index (χ0v) is 10.9. The van der Waals surface area contributed by atoms with E-state index in [2.05, 4.69) is 0 Å². The third-order valence-corrected chi connectivity index (χ3v) is 3.26. The van der Waals surface area contributed by atoms with Crippen molar-refractivity contribution in [3.63, 3.8) is 0 Å². The van der Waals surface area contributed by atoms with E-state index in [1.54, 1.807) is 26.0 Å². The fourth-order valence-corrected chi connectivity index (χ4v) is 2.21. The molecular formula is C16H17FO. The average molecular weight is 244 g/mol. The van der Waals surface area contributed by atoms with Crippen LogP contribution in [-0.2, 0) is 0 Å². The van der Waals surface area contributed by atoms with Gasteiger partial charge >= 0.3 is 0 Å².